The van der Waals surface area contributed by atoms with Crippen molar-refractivity contribution in [3.05, 3.63) is 125 Å². The zero-order valence-electron chi connectivity index (χ0n) is 27.2. The van der Waals surface area contributed by atoms with Gasteiger partial charge in [-0.1, -0.05) is 86.1 Å². The van der Waals surface area contributed by atoms with E-state index < -0.39 is 51.9 Å². The molecule has 1 atom stereocenters. The third kappa shape index (κ3) is 9.76. The molecule has 0 bridgehead atoms. The summed E-state index contributed by atoms with van der Waals surface area (Å²) in [6, 6.07) is 23.9. The molecule has 0 saturated carbocycles. The molecule has 0 unspecified atom stereocenters. The van der Waals surface area contributed by atoms with E-state index in [-0.39, 0.29) is 28.8 Å². The van der Waals surface area contributed by atoms with Crippen LogP contribution in [0.4, 0.5) is 18.9 Å². The molecule has 0 aromatic heterocycles. The Morgan fingerprint density at radius 3 is 2.12 bits per heavy atom. The van der Waals surface area contributed by atoms with Gasteiger partial charge in [0.2, 0.25) is 11.8 Å². The normalized spacial score (nSPS) is 12.3. The maximum absolute atomic E-state index is 14.6. The van der Waals surface area contributed by atoms with E-state index in [9.17, 15) is 31.2 Å². The summed E-state index contributed by atoms with van der Waals surface area (Å²) in [5.41, 5.74) is -0.405. The molecule has 4 aromatic carbocycles. The molecule has 0 aliphatic rings. The van der Waals surface area contributed by atoms with E-state index in [0.717, 1.165) is 17.7 Å². The molecule has 4 rings (SSSR count). The molecule has 0 radical (unpaired) electrons. The highest BCUT2D eigenvalue weighted by Gasteiger charge is 2.37. The molecule has 0 aliphatic heterocycles. The highest BCUT2D eigenvalue weighted by Crippen LogP contribution is 2.37. The Balaban J connectivity index is 1.87. The van der Waals surface area contributed by atoms with Crippen molar-refractivity contribution in [2.75, 3.05) is 24.5 Å². The number of hydrogen-bond acceptors (Lipinski definition) is 5. The van der Waals surface area contributed by atoms with Crippen LogP contribution < -0.4 is 14.4 Å². The van der Waals surface area contributed by atoms with Crippen molar-refractivity contribution in [3.63, 3.8) is 0 Å². The highest BCUT2D eigenvalue weighted by atomic mass is 35.5. The second-order valence-corrected chi connectivity index (χ2v) is 14.0. The van der Waals surface area contributed by atoms with Gasteiger partial charge in [0.05, 0.1) is 28.3 Å². The fraction of sp³-hybridized carbons (Fsp3) is 0.278. The molecule has 8 nitrogen and oxygen atoms in total. The number of carbonyl (C=O) groups excluding carboxylic acids is 2. The van der Waals surface area contributed by atoms with Crippen molar-refractivity contribution in [2.24, 2.45) is 5.92 Å². The van der Waals surface area contributed by atoms with Crippen molar-refractivity contribution in [3.8, 4) is 5.75 Å². The molecular formula is C36H37ClF3N3O5S. The summed E-state index contributed by atoms with van der Waals surface area (Å²) in [6.07, 6.45) is -4.77. The molecule has 13 heteroatoms. The number of sulfonamides is 1. The number of halogens is 4. The van der Waals surface area contributed by atoms with E-state index in [1.807, 2.05) is 19.9 Å². The van der Waals surface area contributed by atoms with E-state index in [0.29, 0.717) is 28.2 Å². The summed E-state index contributed by atoms with van der Waals surface area (Å²) >= 11 is 6.38. The summed E-state index contributed by atoms with van der Waals surface area (Å²) in [7, 11) is -3.19. The monoisotopic (exact) mass is 715 g/mol. The average Bonchev–Trinajstić information content (AvgIpc) is 3.08. The van der Waals surface area contributed by atoms with Crippen LogP contribution in [0.1, 0.15) is 30.5 Å². The van der Waals surface area contributed by atoms with Gasteiger partial charge in [0, 0.05) is 19.5 Å². The molecule has 0 saturated heterocycles. The average molecular weight is 716 g/mol. The lowest BCUT2D eigenvalue weighted by atomic mass is 10.0. The fourth-order valence-corrected chi connectivity index (χ4v) is 6.77. The molecule has 1 N–H and O–H groups in total. The van der Waals surface area contributed by atoms with Crippen LogP contribution >= 0.6 is 11.6 Å². The van der Waals surface area contributed by atoms with Crippen molar-refractivity contribution >= 4 is 39.1 Å². The summed E-state index contributed by atoms with van der Waals surface area (Å²) in [6.45, 7) is 3.01. The van der Waals surface area contributed by atoms with Gasteiger partial charge in [0.25, 0.3) is 10.0 Å². The third-order valence-electron chi connectivity index (χ3n) is 7.59. The standard InChI is InChI=1S/C36H37ClF3N3O5S/c1-25(2)22-41-35(45)33(20-26-11-6-4-7-12-26)42(23-27-13-10-14-29(19-27)48-3)34(44)24-43(49(46,47)30-15-8-5-9-16-30)32-21-28(36(38,39)40)17-18-31(32)37/h4-19,21,25,33H,20,22-24H2,1-3H3,(H,41,45)/t33-/m1/s1. The van der Waals surface area contributed by atoms with Crippen molar-refractivity contribution < 1.29 is 35.9 Å². The predicted molar refractivity (Wildman–Crippen MR) is 183 cm³/mol. The number of methoxy groups -OCH3 is 1. The maximum atomic E-state index is 14.6. The van der Waals surface area contributed by atoms with Crippen LogP contribution in [-0.4, -0.2) is 51.4 Å². The predicted octanol–water partition coefficient (Wildman–Crippen LogP) is 6.98. The number of nitrogens with zero attached hydrogens (tertiary/aromatic N) is 2. The van der Waals surface area contributed by atoms with E-state index >= 15 is 0 Å². The van der Waals surface area contributed by atoms with Crippen LogP contribution in [0.15, 0.2) is 108 Å². The van der Waals surface area contributed by atoms with Crippen LogP contribution in [-0.2, 0) is 38.8 Å². The number of anilines is 1. The smallest absolute Gasteiger partial charge is 0.416 e. The molecule has 2 amide bonds. The van der Waals surface area contributed by atoms with Crippen LogP contribution in [0.25, 0.3) is 0 Å². The Labute approximate surface area is 289 Å². The second kappa shape index (κ2) is 16.2. The van der Waals surface area contributed by atoms with Gasteiger partial charge in [-0.2, -0.15) is 13.2 Å². The fourth-order valence-electron chi connectivity index (χ4n) is 5.06. The first-order chi connectivity index (χ1) is 23.2. The Hall–Kier alpha value is -4.55. The lowest BCUT2D eigenvalue weighted by Gasteiger charge is -2.34. The number of hydrogen-bond donors (Lipinski definition) is 1. The summed E-state index contributed by atoms with van der Waals surface area (Å²) in [4.78, 5) is 29.4. The van der Waals surface area contributed by atoms with Crippen molar-refractivity contribution in [1.82, 2.24) is 10.2 Å². The summed E-state index contributed by atoms with van der Waals surface area (Å²) in [5.74, 6) is -0.768. The van der Waals surface area contributed by atoms with Gasteiger partial charge in [-0.25, -0.2) is 8.42 Å². The Morgan fingerprint density at radius 1 is 0.878 bits per heavy atom. The molecule has 49 heavy (non-hydrogen) atoms. The quantitative estimate of drug-likeness (QED) is 0.152. The zero-order valence-corrected chi connectivity index (χ0v) is 28.7. The van der Waals surface area contributed by atoms with E-state index in [2.05, 4.69) is 5.32 Å². The minimum Gasteiger partial charge on any atom is -0.497 e. The number of amides is 2. The first-order valence-electron chi connectivity index (χ1n) is 15.4. The first-order valence-corrected chi connectivity index (χ1v) is 17.2. The lowest BCUT2D eigenvalue weighted by molar-refractivity contribution is -0.140. The highest BCUT2D eigenvalue weighted by molar-refractivity contribution is 7.92. The SMILES string of the molecule is COc1cccc(CN(C(=O)CN(c2cc(C(F)(F)F)ccc2Cl)S(=O)(=O)c2ccccc2)[C@H](Cc2ccccc2)C(=O)NCC(C)C)c1. The van der Waals surface area contributed by atoms with Crippen molar-refractivity contribution in [1.29, 1.82) is 0 Å². The number of ether oxygens (including phenoxy) is 1. The molecule has 260 valence electrons. The largest absolute Gasteiger partial charge is 0.497 e. The number of carbonyl (C=O) groups is 2. The second-order valence-electron chi connectivity index (χ2n) is 11.7. The topological polar surface area (TPSA) is 96.0 Å². The first kappa shape index (κ1) is 37.3. The minimum atomic E-state index is -4.83. The molecule has 0 fully saturated rings. The zero-order chi connectivity index (χ0) is 35.8. The van der Waals surface area contributed by atoms with E-state index in [1.165, 1.54) is 36.3 Å². The third-order valence-corrected chi connectivity index (χ3v) is 9.69. The van der Waals surface area contributed by atoms with Gasteiger partial charge >= 0.3 is 6.18 Å². The number of benzene rings is 4. The molecule has 0 spiro atoms. The number of nitrogens with one attached hydrogen (secondary N) is 1. The van der Waals surface area contributed by atoms with Gasteiger partial charge in [0.15, 0.2) is 0 Å². The van der Waals surface area contributed by atoms with Gasteiger partial charge in [-0.3, -0.25) is 13.9 Å². The Morgan fingerprint density at radius 2 is 1.51 bits per heavy atom. The van der Waals surface area contributed by atoms with Gasteiger partial charge < -0.3 is 15.0 Å². The molecule has 0 heterocycles. The van der Waals surface area contributed by atoms with E-state index in [1.54, 1.807) is 54.6 Å². The van der Waals surface area contributed by atoms with Crippen molar-refractivity contribution in [2.45, 2.75) is 43.9 Å². The summed E-state index contributed by atoms with van der Waals surface area (Å²) < 4.78 is 75.8. The molecule has 4 aromatic rings. The summed E-state index contributed by atoms with van der Waals surface area (Å²) in [5, 5.41) is 2.56. The van der Waals surface area contributed by atoms with E-state index in [4.69, 9.17) is 16.3 Å². The molecule has 0 aliphatic carbocycles. The molecular weight excluding hydrogens is 679 g/mol. The van der Waals surface area contributed by atoms with Gasteiger partial charge in [0.1, 0.15) is 18.3 Å². The number of rotatable bonds is 14. The number of alkyl halides is 3. The lowest BCUT2D eigenvalue weighted by Crippen LogP contribution is -2.53. The Bertz CT molecular complexity index is 1840. The maximum Gasteiger partial charge on any atom is 0.416 e. The van der Waals surface area contributed by atoms with Crippen LogP contribution in [0.2, 0.25) is 5.02 Å². The van der Waals surface area contributed by atoms with Gasteiger partial charge in [-0.15, -0.1) is 0 Å². The van der Waals surface area contributed by atoms with Crippen LogP contribution in [0.3, 0.4) is 0 Å². The minimum absolute atomic E-state index is 0.0657. The van der Waals surface area contributed by atoms with Crippen LogP contribution in [0.5, 0.6) is 5.75 Å². The van der Waals surface area contributed by atoms with Gasteiger partial charge in [-0.05, 0) is 59.5 Å². The van der Waals surface area contributed by atoms with Crippen LogP contribution in [0, 0.1) is 5.92 Å². The Kier molecular flexibility index (Phi) is 12.3.